The number of imide groups is 1. The lowest BCUT2D eigenvalue weighted by Gasteiger charge is -2.40. The Hall–Kier alpha value is -2.46. The summed E-state index contributed by atoms with van der Waals surface area (Å²) in [5.74, 6) is -0.206. The zero-order valence-electron chi connectivity index (χ0n) is 19.0. The van der Waals surface area contributed by atoms with Crippen LogP contribution in [0.4, 0.5) is 4.79 Å². The number of hydrogen-bond acceptors (Lipinski definition) is 7. The van der Waals surface area contributed by atoms with E-state index in [1.807, 2.05) is 36.3 Å². The number of rotatable bonds is 8. The Labute approximate surface area is 202 Å². The smallest absolute Gasteiger partial charge is 0.325 e. The number of nitrogens with one attached hydrogen (secondary N) is 1. The van der Waals surface area contributed by atoms with Crippen LogP contribution in [0.25, 0.3) is 0 Å². The molecule has 0 aliphatic carbocycles. The third-order valence-corrected chi connectivity index (χ3v) is 8.38. The van der Waals surface area contributed by atoms with E-state index in [-0.39, 0.29) is 23.8 Å². The summed E-state index contributed by atoms with van der Waals surface area (Å²) in [7, 11) is 0. The number of carbonyl (C=O) groups excluding carboxylic acids is 3. The predicted octanol–water partition coefficient (Wildman–Crippen LogP) is 3.45. The highest BCUT2D eigenvalue weighted by Gasteiger charge is 2.55. The minimum absolute atomic E-state index is 0.00464. The van der Waals surface area contributed by atoms with Crippen LogP contribution < -0.4 is 5.32 Å². The number of hydrogen-bond donors (Lipinski definition) is 1. The Morgan fingerprint density at radius 3 is 2.73 bits per heavy atom. The number of thioether (sulfide) groups is 1. The number of nitrogens with zero attached hydrogens (tertiary/aromatic N) is 4. The first-order valence-corrected chi connectivity index (χ1v) is 13.4. The number of urea groups is 1. The number of aromatic nitrogens is 2. The van der Waals surface area contributed by atoms with Gasteiger partial charge in [0.1, 0.15) is 15.6 Å². The molecule has 1 N–H and O–H groups in total. The molecule has 4 heterocycles. The maximum atomic E-state index is 13.6. The number of amides is 4. The van der Waals surface area contributed by atoms with Crippen molar-refractivity contribution >= 4 is 40.9 Å². The molecular weight excluding hydrogens is 458 g/mol. The van der Waals surface area contributed by atoms with Crippen molar-refractivity contribution in [1.29, 1.82) is 0 Å². The molecule has 33 heavy (non-hydrogen) atoms. The van der Waals surface area contributed by atoms with Crippen LogP contribution in [0.2, 0.25) is 0 Å². The van der Waals surface area contributed by atoms with E-state index in [2.05, 4.69) is 15.3 Å². The van der Waals surface area contributed by atoms with Crippen molar-refractivity contribution in [2.24, 2.45) is 5.92 Å². The predicted molar refractivity (Wildman–Crippen MR) is 128 cm³/mol. The second-order valence-corrected chi connectivity index (χ2v) is 10.4. The largest absolute Gasteiger partial charge is 0.337 e. The van der Waals surface area contributed by atoms with Gasteiger partial charge >= 0.3 is 6.03 Å². The van der Waals surface area contributed by atoms with Crippen molar-refractivity contribution in [3.63, 3.8) is 0 Å². The molecule has 10 heteroatoms. The second kappa shape index (κ2) is 10.2. The first-order chi connectivity index (χ1) is 16.0. The van der Waals surface area contributed by atoms with E-state index in [0.29, 0.717) is 51.0 Å². The fourth-order valence-electron chi connectivity index (χ4n) is 4.85. The quantitative estimate of drug-likeness (QED) is 0.453. The molecule has 0 bridgehead atoms. The van der Waals surface area contributed by atoms with Crippen LogP contribution in [0.3, 0.4) is 0 Å². The van der Waals surface area contributed by atoms with Crippen LogP contribution in [0.5, 0.6) is 0 Å². The Morgan fingerprint density at radius 1 is 1.30 bits per heavy atom. The molecule has 0 saturated carbocycles. The third kappa shape index (κ3) is 4.77. The van der Waals surface area contributed by atoms with Gasteiger partial charge in [-0.15, -0.1) is 11.3 Å². The topological polar surface area (TPSA) is 95.5 Å². The highest BCUT2D eigenvalue weighted by atomic mass is 32.2. The summed E-state index contributed by atoms with van der Waals surface area (Å²) < 4.78 is 0.875. The highest BCUT2D eigenvalue weighted by molar-refractivity contribution is 8.00. The standard InChI is InChI=1S/C23H29N5O3S2/c1-3-10-23(20(30)28(21(31)26-23)14-9-17-6-4-5-11-24-17)16-7-12-27(13-8-16)19(29)18-15-33-22(25-18)32-2/h4-6,11,15-16H,3,7-10,12-14H2,1-2H3,(H,26,31). The Kier molecular flexibility index (Phi) is 7.33. The molecule has 2 saturated heterocycles. The lowest BCUT2D eigenvalue weighted by atomic mass is 9.74. The number of pyridine rings is 1. The SMILES string of the molecule is CCCC1(C2CCN(C(=O)c3csc(SC)n3)CC2)NC(=O)N(CCc2ccccn2)C1=O. The van der Waals surface area contributed by atoms with E-state index in [1.165, 1.54) is 28.0 Å². The number of piperidine rings is 1. The molecule has 4 rings (SSSR count). The Morgan fingerprint density at radius 2 is 2.09 bits per heavy atom. The van der Waals surface area contributed by atoms with Crippen molar-refractivity contribution in [3.05, 3.63) is 41.2 Å². The van der Waals surface area contributed by atoms with E-state index in [1.54, 1.807) is 11.6 Å². The van der Waals surface area contributed by atoms with E-state index in [4.69, 9.17) is 0 Å². The third-order valence-electron chi connectivity index (χ3n) is 6.52. The Balaban J connectivity index is 1.43. The maximum absolute atomic E-state index is 13.6. The van der Waals surface area contributed by atoms with Crippen LogP contribution in [-0.4, -0.2) is 69.0 Å². The van der Waals surface area contributed by atoms with E-state index in [0.717, 1.165) is 16.5 Å². The molecule has 2 aliphatic heterocycles. The van der Waals surface area contributed by atoms with Gasteiger partial charge < -0.3 is 10.2 Å². The van der Waals surface area contributed by atoms with Crippen LogP contribution >= 0.6 is 23.1 Å². The van der Waals surface area contributed by atoms with Gasteiger partial charge in [0.2, 0.25) is 0 Å². The van der Waals surface area contributed by atoms with Crippen molar-refractivity contribution in [2.75, 3.05) is 25.9 Å². The minimum atomic E-state index is -0.891. The average Bonchev–Trinajstić information content (AvgIpc) is 3.42. The molecular formula is C23H29N5O3S2. The molecule has 0 spiro atoms. The van der Waals surface area contributed by atoms with Crippen LogP contribution in [0, 0.1) is 5.92 Å². The summed E-state index contributed by atoms with van der Waals surface area (Å²) in [6, 6.07) is 5.32. The molecule has 1 unspecified atom stereocenters. The molecule has 1 atom stereocenters. The van der Waals surface area contributed by atoms with Gasteiger partial charge in [-0.25, -0.2) is 9.78 Å². The lowest BCUT2D eigenvalue weighted by molar-refractivity contribution is -0.134. The number of likely N-dealkylation sites (tertiary alicyclic amines) is 1. The van der Waals surface area contributed by atoms with Crippen molar-refractivity contribution in [1.82, 2.24) is 25.1 Å². The second-order valence-electron chi connectivity index (χ2n) is 8.45. The maximum Gasteiger partial charge on any atom is 0.325 e. The summed E-state index contributed by atoms with van der Waals surface area (Å²) >= 11 is 3.00. The average molecular weight is 488 g/mol. The van der Waals surface area contributed by atoms with E-state index in [9.17, 15) is 14.4 Å². The van der Waals surface area contributed by atoms with Gasteiger partial charge in [-0.1, -0.05) is 31.2 Å². The highest BCUT2D eigenvalue weighted by Crippen LogP contribution is 2.37. The van der Waals surface area contributed by atoms with Crippen LogP contribution in [0.15, 0.2) is 34.1 Å². The van der Waals surface area contributed by atoms with Crippen LogP contribution in [-0.2, 0) is 11.2 Å². The molecule has 0 radical (unpaired) electrons. The fourth-order valence-corrected chi connectivity index (χ4v) is 6.09. The summed E-state index contributed by atoms with van der Waals surface area (Å²) in [4.78, 5) is 51.1. The summed E-state index contributed by atoms with van der Waals surface area (Å²) in [5, 5.41) is 4.87. The van der Waals surface area contributed by atoms with Gasteiger partial charge in [0.15, 0.2) is 0 Å². The van der Waals surface area contributed by atoms with Gasteiger partial charge in [0, 0.05) is 43.3 Å². The molecule has 8 nitrogen and oxygen atoms in total. The molecule has 2 aromatic heterocycles. The monoisotopic (exact) mass is 487 g/mol. The summed E-state index contributed by atoms with van der Waals surface area (Å²) in [6.07, 6.45) is 6.91. The van der Waals surface area contributed by atoms with Gasteiger partial charge in [0.05, 0.1) is 0 Å². The minimum Gasteiger partial charge on any atom is -0.337 e. The van der Waals surface area contributed by atoms with Crippen LogP contribution in [0.1, 0.15) is 48.8 Å². The zero-order chi connectivity index (χ0) is 23.4. The lowest BCUT2D eigenvalue weighted by Crippen LogP contribution is -2.56. The van der Waals surface area contributed by atoms with Gasteiger partial charge in [0.25, 0.3) is 11.8 Å². The van der Waals surface area contributed by atoms with Crippen molar-refractivity contribution in [3.8, 4) is 0 Å². The molecule has 0 aromatic carbocycles. The summed E-state index contributed by atoms with van der Waals surface area (Å²) in [6.45, 7) is 3.45. The van der Waals surface area contributed by atoms with E-state index < -0.39 is 5.54 Å². The zero-order valence-corrected chi connectivity index (χ0v) is 20.6. The fraction of sp³-hybridized carbons (Fsp3) is 0.522. The summed E-state index contributed by atoms with van der Waals surface area (Å²) in [5.41, 5.74) is 0.444. The molecule has 2 fully saturated rings. The van der Waals surface area contributed by atoms with Gasteiger partial charge in [-0.2, -0.15) is 0 Å². The Bertz CT molecular complexity index is 1010. The van der Waals surface area contributed by atoms with E-state index >= 15 is 0 Å². The first-order valence-electron chi connectivity index (χ1n) is 11.3. The first kappa shape index (κ1) is 23.7. The normalized spacial score (nSPS) is 21.5. The molecule has 176 valence electrons. The molecule has 2 aliphatic rings. The molecule has 2 aromatic rings. The van der Waals surface area contributed by atoms with Gasteiger partial charge in [-0.3, -0.25) is 19.5 Å². The van der Waals surface area contributed by atoms with Crippen molar-refractivity contribution in [2.45, 2.75) is 48.9 Å². The van der Waals surface area contributed by atoms with Crippen molar-refractivity contribution < 1.29 is 14.4 Å². The number of thiazole rings is 1. The number of carbonyl (C=O) groups is 3. The van der Waals surface area contributed by atoms with Gasteiger partial charge in [-0.05, 0) is 43.6 Å². The molecule has 4 amide bonds.